The van der Waals surface area contributed by atoms with Crippen LogP contribution in [-0.2, 0) is 11.4 Å². The van der Waals surface area contributed by atoms with Crippen LogP contribution in [0.25, 0.3) is 0 Å². The van der Waals surface area contributed by atoms with Gasteiger partial charge in [-0.3, -0.25) is 10.2 Å². The number of rotatable bonds is 7. The lowest BCUT2D eigenvalue weighted by molar-refractivity contribution is -0.107. The van der Waals surface area contributed by atoms with E-state index >= 15 is 0 Å². The van der Waals surface area contributed by atoms with Crippen molar-refractivity contribution < 1.29 is 19.1 Å². The normalized spacial score (nSPS) is 10.1. The van der Waals surface area contributed by atoms with Crippen LogP contribution in [0, 0.1) is 6.92 Å². The average molecular weight is 356 g/mol. The number of carbonyl (C=O) groups excluding carboxylic acids is 3. The largest absolute Gasteiger partial charge is 0.489 e. The first-order valence-electron chi connectivity index (χ1n) is 7.81. The SMILES string of the molecule is Cc1cc(C(=O)CC=O)ccc1OCc1ccccc1N(N)C(=O)NN. The lowest BCUT2D eigenvalue weighted by Crippen LogP contribution is -2.48. The van der Waals surface area contributed by atoms with E-state index in [9.17, 15) is 14.4 Å². The zero-order chi connectivity index (χ0) is 19.1. The number of aldehydes is 1. The molecule has 0 saturated carbocycles. The quantitative estimate of drug-likeness (QED) is 0.173. The Morgan fingerprint density at radius 3 is 2.62 bits per heavy atom. The molecule has 0 saturated heterocycles. The van der Waals surface area contributed by atoms with Crippen LogP contribution in [0.2, 0.25) is 0 Å². The number of amides is 2. The molecule has 0 aliphatic rings. The lowest BCUT2D eigenvalue weighted by Gasteiger charge is -2.19. The summed E-state index contributed by atoms with van der Waals surface area (Å²) in [7, 11) is 0. The first-order valence-corrected chi connectivity index (χ1v) is 7.81. The topological polar surface area (TPSA) is 128 Å². The predicted molar refractivity (Wildman–Crippen MR) is 96.4 cm³/mol. The minimum atomic E-state index is -0.660. The molecule has 2 amide bonds. The Labute approximate surface area is 150 Å². The van der Waals surface area contributed by atoms with Crippen LogP contribution in [0.5, 0.6) is 5.75 Å². The molecule has 0 aromatic heterocycles. The number of aryl methyl sites for hydroxylation is 1. The molecule has 2 aromatic carbocycles. The number of nitrogens with one attached hydrogen (secondary N) is 1. The highest BCUT2D eigenvalue weighted by atomic mass is 16.5. The molecule has 0 fully saturated rings. The minimum Gasteiger partial charge on any atom is -0.489 e. The average Bonchev–Trinajstić information content (AvgIpc) is 2.66. The van der Waals surface area contributed by atoms with Crippen molar-refractivity contribution in [1.29, 1.82) is 0 Å². The van der Waals surface area contributed by atoms with Crippen molar-refractivity contribution >= 4 is 23.8 Å². The van der Waals surface area contributed by atoms with Crippen molar-refractivity contribution in [3.63, 3.8) is 0 Å². The van der Waals surface area contributed by atoms with Crippen LogP contribution in [0.3, 0.4) is 0 Å². The fourth-order valence-electron chi connectivity index (χ4n) is 2.38. The van der Waals surface area contributed by atoms with Gasteiger partial charge in [0, 0.05) is 11.1 Å². The van der Waals surface area contributed by atoms with Gasteiger partial charge < -0.3 is 9.53 Å². The third-order valence-electron chi connectivity index (χ3n) is 3.74. The number of ether oxygens (including phenoxy) is 1. The Hall–Kier alpha value is -3.23. The van der Waals surface area contributed by atoms with Gasteiger partial charge in [-0.15, -0.1) is 0 Å². The number of nitrogens with two attached hydrogens (primary N) is 2. The maximum absolute atomic E-state index is 11.8. The highest BCUT2D eigenvalue weighted by Crippen LogP contribution is 2.24. The summed E-state index contributed by atoms with van der Waals surface area (Å²) in [6, 6.07) is 11.3. The van der Waals surface area contributed by atoms with Crippen LogP contribution < -0.4 is 26.9 Å². The molecule has 0 unspecified atom stereocenters. The van der Waals surface area contributed by atoms with Crippen molar-refractivity contribution in [1.82, 2.24) is 5.43 Å². The molecule has 0 bridgehead atoms. The van der Waals surface area contributed by atoms with E-state index in [2.05, 4.69) is 0 Å². The third-order valence-corrected chi connectivity index (χ3v) is 3.74. The summed E-state index contributed by atoms with van der Waals surface area (Å²) in [5, 5.41) is 0.896. The van der Waals surface area contributed by atoms with Gasteiger partial charge in [0.15, 0.2) is 5.78 Å². The lowest BCUT2D eigenvalue weighted by atomic mass is 10.1. The van der Waals surface area contributed by atoms with E-state index in [-0.39, 0.29) is 18.8 Å². The Morgan fingerprint density at radius 1 is 1.23 bits per heavy atom. The number of benzene rings is 2. The summed E-state index contributed by atoms with van der Waals surface area (Å²) in [6.45, 7) is 1.96. The number of urea groups is 1. The number of hydrazine groups is 2. The summed E-state index contributed by atoms with van der Waals surface area (Å²) in [4.78, 5) is 33.8. The molecule has 2 rings (SSSR count). The molecule has 0 spiro atoms. The molecule has 2 aromatic rings. The molecule has 26 heavy (non-hydrogen) atoms. The van der Waals surface area contributed by atoms with Crippen LogP contribution in [0.15, 0.2) is 42.5 Å². The first kappa shape index (κ1) is 19.1. The smallest absolute Gasteiger partial charge is 0.350 e. The van der Waals surface area contributed by atoms with E-state index in [1.807, 2.05) is 5.43 Å². The van der Waals surface area contributed by atoms with Gasteiger partial charge in [0.2, 0.25) is 0 Å². The Bertz CT molecular complexity index is 823. The number of hydrogen-bond acceptors (Lipinski definition) is 6. The van der Waals surface area contributed by atoms with Crippen molar-refractivity contribution in [3.8, 4) is 5.75 Å². The number of hydrogen-bond donors (Lipinski definition) is 3. The fourth-order valence-corrected chi connectivity index (χ4v) is 2.38. The van der Waals surface area contributed by atoms with E-state index < -0.39 is 6.03 Å². The van der Waals surface area contributed by atoms with Gasteiger partial charge in [-0.2, -0.15) is 0 Å². The second-order valence-corrected chi connectivity index (χ2v) is 5.51. The predicted octanol–water partition coefficient (Wildman–Crippen LogP) is 1.61. The van der Waals surface area contributed by atoms with Gasteiger partial charge in [0.1, 0.15) is 18.6 Å². The van der Waals surface area contributed by atoms with Gasteiger partial charge in [-0.25, -0.2) is 21.5 Å². The molecule has 0 heterocycles. The number of nitrogens with zero attached hydrogens (tertiary/aromatic N) is 1. The Balaban J connectivity index is 2.16. The summed E-state index contributed by atoms with van der Waals surface area (Å²) >= 11 is 0. The van der Waals surface area contributed by atoms with Gasteiger partial charge in [-0.05, 0) is 36.8 Å². The maximum Gasteiger partial charge on any atom is 0.350 e. The Kier molecular flexibility index (Phi) is 6.42. The van der Waals surface area contributed by atoms with E-state index in [4.69, 9.17) is 16.4 Å². The summed E-state index contributed by atoms with van der Waals surface area (Å²) in [5.74, 6) is 11.2. The summed E-state index contributed by atoms with van der Waals surface area (Å²) < 4.78 is 5.80. The number of carbonyl (C=O) groups is 3. The molecule has 0 aliphatic carbocycles. The highest BCUT2D eigenvalue weighted by molar-refractivity contribution is 6.02. The van der Waals surface area contributed by atoms with Crippen LogP contribution in [0.4, 0.5) is 10.5 Å². The monoisotopic (exact) mass is 356 g/mol. The van der Waals surface area contributed by atoms with E-state index in [0.717, 1.165) is 10.6 Å². The van der Waals surface area contributed by atoms with E-state index in [1.54, 1.807) is 49.4 Å². The van der Waals surface area contributed by atoms with Crippen LogP contribution in [0.1, 0.15) is 27.9 Å². The fraction of sp³-hybridized carbons (Fsp3) is 0.167. The third kappa shape index (κ3) is 4.44. The molecule has 0 atom stereocenters. The second kappa shape index (κ2) is 8.75. The number of ketones is 1. The molecule has 8 heteroatoms. The number of anilines is 1. The van der Waals surface area contributed by atoms with E-state index in [1.165, 1.54) is 0 Å². The van der Waals surface area contributed by atoms with Crippen molar-refractivity contribution in [2.24, 2.45) is 11.7 Å². The molecule has 0 aliphatic heterocycles. The zero-order valence-electron chi connectivity index (χ0n) is 14.3. The van der Waals surface area contributed by atoms with Crippen LogP contribution in [-0.4, -0.2) is 18.1 Å². The van der Waals surface area contributed by atoms with Crippen LogP contribution >= 0.6 is 0 Å². The minimum absolute atomic E-state index is 0.150. The Morgan fingerprint density at radius 2 is 1.96 bits per heavy atom. The zero-order valence-corrected chi connectivity index (χ0v) is 14.3. The van der Waals surface area contributed by atoms with Gasteiger partial charge in [-0.1, -0.05) is 18.2 Å². The van der Waals surface area contributed by atoms with Gasteiger partial charge in [0.05, 0.1) is 12.1 Å². The molecular formula is C18H20N4O4. The molecule has 8 nitrogen and oxygen atoms in total. The molecule has 0 radical (unpaired) electrons. The number of para-hydroxylation sites is 1. The maximum atomic E-state index is 11.8. The van der Waals surface area contributed by atoms with Gasteiger partial charge in [0.25, 0.3) is 0 Å². The summed E-state index contributed by atoms with van der Waals surface area (Å²) in [6.07, 6.45) is 0.428. The summed E-state index contributed by atoms with van der Waals surface area (Å²) in [5.41, 5.74) is 4.30. The molecule has 5 N–H and O–H groups in total. The van der Waals surface area contributed by atoms with E-state index in [0.29, 0.717) is 28.8 Å². The van der Waals surface area contributed by atoms with Crippen molar-refractivity contribution in [3.05, 3.63) is 59.2 Å². The standard InChI is InChI=1S/C18H20N4O4/c1-12-10-13(16(24)8-9-23)6-7-17(12)26-11-14-4-2-3-5-15(14)22(20)18(25)21-19/h2-7,9-10H,8,11,19-20H2,1H3,(H,21,25). The highest BCUT2D eigenvalue weighted by Gasteiger charge is 2.15. The number of Topliss-reactive ketones (excluding diaryl/α,β-unsaturated/α-hetero) is 1. The first-order chi connectivity index (χ1) is 12.5. The second-order valence-electron chi connectivity index (χ2n) is 5.51. The van der Waals surface area contributed by atoms with Gasteiger partial charge >= 0.3 is 6.03 Å². The van der Waals surface area contributed by atoms with Crippen molar-refractivity contribution in [2.45, 2.75) is 20.0 Å². The van der Waals surface area contributed by atoms with Crippen molar-refractivity contribution in [2.75, 3.05) is 5.01 Å². The molecule has 136 valence electrons. The molecular weight excluding hydrogens is 336 g/mol.